The van der Waals surface area contributed by atoms with Crippen molar-refractivity contribution in [2.45, 2.75) is 18.1 Å². The van der Waals surface area contributed by atoms with E-state index in [2.05, 4.69) is 15.5 Å². The first-order valence-electron chi connectivity index (χ1n) is 9.26. The third kappa shape index (κ3) is 10.3. The van der Waals surface area contributed by atoms with Crippen LogP contribution in [0.1, 0.15) is 17.3 Å². The second-order valence-corrected chi connectivity index (χ2v) is 8.68. The standard InChI is InChI=1S/C19H28N4O4S2/c1-22(2)12-16-5-6-18(27-16)15-29-11-8-21-19(13-23(24)25)20-7-10-28-14-17-4-3-9-26-17/h3-6,9,13,20-21H,7-8,10-12,14-15H2,1-2H3. The van der Waals surface area contributed by atoms with Gasteiger partial charge in [-0.3, -0.25) is 10.1 Å². The fourth-order valence-electron chi connectivity index (χ4n) is 2.41. The van der Waals surface area contributed by atoms with Gasteiger partial charge in [-0.15, -0.1) is 0 Å². The van der Waals surface area contributed by atoms with Crippen LogP contribution in [0.25, 0.3) is 0 Å². The summed E-state index contributed by atoms with van der Waals surface area (Å²) in [5.74, 6) is 6.45. The van der Waals surface area contributed by atoms with Crippen LogP contribution in [0, 0.1) is 10.1 Å². The van der Waals surface area contributed by atoms with Crippen molar-refractivity contribution in [2.75, 3.05) is 38.7 Å². The Bertz CT molecular complexity index is 747. The minimum absolute atomic E-state index is 0.431. The fraction of sp³-hybridized carbons (Fsp3) is 0.474. The molecule has 0 aliphatic heterocycles. The third-order valence-electron chi connectivity index (χ3n) is 3.62. The molecule has 0 fully saturated rings. The Kier molecular flexibility index (Phi) is 10.6. The van der Waals surface area contributed by atoms with Crippen molar-refractivity contribution in [1.29, 1.82) is 0 Å². The van der Waals surface area contributed by atoms with Crippen molar-refractivity contribution in [3.05, 3.63) is 69.9 Å². The molecule has 2 aromatic heterocycles. The molecule has 2 aromatic rings. The Hall–Kier alpha value is -2.04. The largest absolute Gasteiger partial charge is 0.468 e. The molecule has 2 heterocycles. The summed E-state index contributed by atoms with van der Waals surface area (Å²) in [5.41, 5.74) is 0. The quantitative estimate of drug-likeness (QED) is 0.245. The molecule has 0 aliphatic rings. The van der Waals surface area contributed by atoms with Crippen LogP contribution in [-0.4, -0.2) is 48.5 Å². The van der Waals surface area contributed by atoms with Crippen LogP contribution in [0.5, 0.6) is 0 Å². The molecule has 2 rings (SSSR count). The first-order chi connectivity index (χ1) is 14.0. The van der Waals surface area contributed by atoms with Gasteiger partial charge >= 0.3 is 0 Å². The van der Waals surface area contributed by atoms with E-state index in [-0.39, 0.29) is 0 Å². The van der Waals surface area contributed by atoms with Gasteiger partial charge in [-0.25, -0.2) is 0 Å². The predicted octanol–water partition coefficient (Wildman–Crippen LogP) is 3.36. The van der Waals surface area contributed by atoms with Crippen LogP contribution in [0.3, 0.4) is 0 Å². The van der Waals surface area contributed by atoms with Gasteiger partial charge < -0.3 is 24.4 Å². The molecular formula is C19H28N4O4S2. The number of hydrogen-bond donors (Lipinski definition) is 2. The molecule has 8 nitrogen and oxygen atoms in total. The van der Waals surface area contributed by atoms with Gasteiger partial charge in [0.05, 0.1) is 29.2 Å². The maximum Gasteiger partial charge on any atom is 0.274 e. The number of nitrogens with zero attached hydrogens (tertiary/aromatic N) is 2. The van der Waals surface area contributed by atoms with Crippen LogP contribution in [0.4, 0.5) is 0 Å². The summed E-state index contributed by atoms with van der Waals surface area (Å²) in [6.07, 6.45) is 2.63. The summed E-state index contributed by atoms with van der Waals surface area (Å²) in [6, 6.07) is 7.80. The first kappa shape index (κ1) is 23.2. The molecule has 0 bridgehead atoms. The highest BCUT2D eigenvalue weighted by Crippen LogP contribution is 2.16. The molecule has 0 aliphatic carbocycles. The predicted molar refractivity (Wildman–Crippen MR) is 118 cm³/mol. The monoisotopic (exact) mass is 440 g/mol. The molecule has 0 saturated heterocycles. The molecule has 0 saturated carbocycles. The molecule has 0 spiro atoms. The highest BCUT2D eigenvalue weighted by Gasteiger charge is 2.05. The summed E-state index contributed by atoms with van der Waals surface area (Å²) in [4.78, 5) is 12.4. The SMILES string of the molecule is CN(C)Cc1ccc(CSCCNC(=C[N+](=O)[O-])NCCSCc2ccco2)o1. The highest BCUT2D eigenvalue weighted by molar-refractivity contribution is 7.98. The molecule has 160 valence electrons. The molecule has 10 heteroatoms. The summed E-state index contributed by atoms with van der Waals surface area (Å²) >= 11 is 3.43. The number of hydrogen-bond acceptors (Lipinski definition) is 9. The molecule has 2 N–H and O–H groups in total. The summed E-state index contributed by atoms with van der Waals surface area (Å²) < 4.78 is 11.0. The lowest BCUT2D eigenvalue weighted by Gasteiger charge is -2.11. The molecule has 0 amide bonds. The van der Waals surface area contributed by atoms with Crippen molar-refractivity contribution in [3.63, 3.8) is 0 Å². The van der Waals surface area contributed by atoms with E-state index in [9.17, 15) is 10.1 Å². The van der Waals surface area contributed by atoms with Crippen LogP contribution < -0.4 is 10.6 Å². The second-order valence-electron chi connectivity index (χ2n) is 6.47. The van der Waals surface area contributed by atoms with Crippen molar-refractivity contribution in [2.24, 2.45) is 0 Å². The zero-order valence-electron chi connectivity index (χ0n) is 16.8. The number of furan rings is 2. The smallest absolute Gasteiger partial charge is 0.274 e. The van der Waals surface area contributed by atoms with E-state index < -0.39 is 4.92 Å². The second kappa shape index (κ2) is 13.2. The molecule has 0 aromatic carbocycles. The Labute approximate surface area is 179 Å². The van der Waals surface area contributed by atoms with E-state index in [1.165, 1.54) is 0 Å². The Balaban J connectivity index is 1.60. The average Bonchev–Trinajstić information content (AvgIpc) is 3.32. The highest BCUT2D eigenvalue weighted by atomic mass is 32.2. The van der Waals surface area contributed by atoms with Gasteiger partial charge in [-0.1, -0.05) is 0 Å². The summed E-state index contributed by atoms with van der Waals surface area (Å²) in [7, 11) is 4.01. The lowest BCUT2D eigenvalue weighted by atomic mass is 10.4. The van der Waals surface area contributed by atoms with Crippen molar-refractivity contribution in [3.8, 4) is 0 Å². The third-order valence-corrected chi connectivity index (χ3v) is 5.58. The molecule has 0 atom stereocenters. The zero-order valence-corrected chi connectivity index (χ0v) is 18.4. The number of nitrogens with one attached hydrogen (secondary N) is 2. The Morgan fingerprint density at radius 1 is 1.10 bits per heavy atom. The van der Waals surface area contributed by atoms with Gasteiger partial charge in [-0.05, 0) is 38.4 Å². The lowest BCUT2D eigenvalue weighted by molar-refractivity contribution is -0.404. The lowest BCUT2D eigenvalue weighted by Crippen LogP contribution is -2.30. The Morgan fingerprint density at radius 2 is 1.76 bits per heavy atom. The average molecular weight is 441 g/mol. The summed E-state index contributed by atoms with van der Waals surface area (Å²) in [5, 5.41) is 17.0. The van der Waals surface area contributed by atoms with Gasteiger partial charge in [0.2, 0.25) is 0 Å². The van der Waals surface area contributed by atoms with Crippen LogP contribution in [0.15, 0.2) is 51.4 Å². The maximum atomic E-state index is 10.8. The van der Waals surface area contributed by atoms with E-state index >= 15 is 0 Å². The van der Waals surface area contributed by atoms with E-state index in [0.29, 0.717) is 18.9 Å². The molecular weight excluding hydrogens is 412 g/mol. The van der Waals surface area contributed by atoms with Gasteiger partial charge in [0.1, 0.15) is 17.3 Å². The topological polar surface area (TPSA) is 96.7 Å². The fourth-order valence-corrected chi connectivity index (χ4v) is 3.91. The molecule has 0 unspecified atom stereocenters. The van der Waals surface area contributed by atoms with Crippen LogP contribution in [-0.2, 0) is 18.1 Å². The molecule has 29 heavy (non-hydrogen) atoms. The van der Waals surface area contributed by atoms with E-state index in [0.717, 1.165) is 53.0 Å². The van der Waals surface area contributed by atoms with Gasteiger partial charge in [0.25, 0.3) is 6.20 Å². The first-order valence-corrected chi connectivity index (χ1v) is 11.6. The number of thioether (sulfide) groups is 2. The minimum Gasteiger partial charge on any atom is -0.468 e. The van der Waals surface area contributed by atoms with Gasteiger partial charge in [0, 0.05) is 24.6 Å². The normalized spacial score (nSPS) is 11.8. The van der Waals surface area contributed by atoms with Crippen LogP contribution >= 0.6 is 23.5 Å². The van der Waals surface area contributed by atoms with Gasteiger partial charge in [0.15, 0.2) is 5.82 Å². The van der Waals surface area contributed by atoms with Crippen molar-refractivity contribution in [1.82, 2.24) is 15.5 Å². The zero-order chi connectivity index (χ0) is 20.9. The minimum atomic E-state index is -0.451. The maximum absolute atomic E-state index is 10.8. The van der Waals surface area contributed by atoms with E-state index in [1.807, 2.05) is 38.4 Å². The number of nitro groups is 1. The van der Waals surface area contributed by atoms with Crippen LogP contribution in [0.2, 0.25) is 0 Å². The van der Waals surface area contributed by atoms with Crippen molar-refractivity contribution >= 4 is 23.5 Å². The number of rotatable bonds is 15. The molecule has 0 radical (unpaired) electrons. The Morgan fingerprint density at radius 3 is 2.34 bits per heavy atom. The van der Waals surface area contributed by atoms with E-state index in [4.69, 9.17) is 8.83 Å². The van der Waals surface area contributed by atoms with Crippen molar-refractivity contribution < 1.29 is 13.8 Å². The van der Waals surface area contributed by atoms with E-state index in [1.54, 1.807) is 29.8 Å². The summed E-state index contributed by atoms with van der Waals surface area (Å²) in [6.45, 7) is 2.04. The van der Waals surface area contributed by atoms with Gasteiger partial charge in [-0.2, -0.15) is 23.5 Å².